The molecule has 0 N–H and O–H groups in total. The van der Waals surface area contributed by atoms with Crippen LogP contribution in [-0.4, -0.2) is 19.2 Å². The van der Waals surface area contributed by atoms with Gasteiger partial charge in [-0.2, -0.15) is 0 Å². The summed E-state index contributed by atoms with van der Waals surface area (Å²) in [5.41, 5.74) is 0.495. The normalized spacial score (nSPS) is 10.5. The van der Waals surface area contributed by atoms with Crippen molar-refractivity contribution in [1.82, 2.24) is 0 Å². The summed E-state index contributed by atoms with van der Waals surface area (Å²) >= 11 is 0. The molecule has 2 aromatic carbocycles. The molecule has 0 saturated heterocycles. The number of carbonyl (C=O) groups excluding carboxylic acids is 1. The maximum Gasteiger partial charge on any atom is 0.343 e. The monoisotopic (exact) mass is 438 g/mol. The summed E-state index contributed by atoms with van der Waals surface area (Å²) in [6.45, 7) is 7.35. The van der Waals surface area contributed by atoms with Crippen molar-refractivity contribution in [3.05, 3.63) is 66.7 Å². The largest absolute Gasteiger partial charge is 0.494 e. The molecule has 0 aliphatic rings. The highest BCUT2D eigenvalue weighted by Crippen LogP contribution is 2.20. The summed E-state index contributed by atoms with van der Waals surface area (Å²) in [7, 11) is 0. The van der Waals surface area contributed by atoms with Gasteiger partial charge < -0.3 is 14.2 Å². The highest BCUT2D eigenvalue weighted by molar-refractivity contribution is 5.91. The maximum atomic E-state index is 12.4. The molecule has 2 aromatic rings. The predicted octanol–water partition coefficient (Wildman–Crippen LogP) is 7.77. The second-order valence-electron chi connectivity index (χ2n) is 7.99. The zero-order valence-corrected chi connectivity index (χ0v) is 19.5. The second kappa shape index (κ2) is 16.0. The maximum absolute atomic E-state index is 12.4. The van der Waals surface area contributed by atoms with Crippen molar-refractivity contribution in [1.29, 1.82) is 0 Å². The number of hydrogen-bond donors (Lipinski definition) is 0. The molecule has 0 bridgehead atoms. The average molecular weight is 439 g/mol. The highest BCUT2D eigenvalue weighted by atomic mass is 16.5. The standard InChI is InChI=1S/C28H38O4/c1-3-5-7-9-11-13-23-30-25-16-14-24(15-17-25)28(29)32-27-20-18-26(19-21-27)31-22-12-10-8-6-4-2/h3,14-21H,1,4-13,22-23H2,2H3. The molecular formula is C28H38O4. The van der Waals surface area contributed by atoms with Gasteiger partial charge in [-0.05, 0) is 74.2 Å². The van der Waals surface area contributed by atoms with Gasteiger partial charge in [0, 0.05) is 0 Å². The number of benzene rings is 2. The highest BCUT2D eigenvalue weighted by Gasteiger charge is 2.09. The molecule has 0 heterocycles. The van der Waals surface area contributed by atoms with E-state index < -0.39 is 0 Å². The van der Waals surface area contributed by atoms with Crippen molar-refractivity contribution in [2.45, 2.75) is 71.1 Å². The minimum Gasteiger partial charge on any atom is -0.494 e. The topological polar surface area (TPSA) is 44.8 Å². The summed E-state index contributed by atoms with van der Waals surface area (Å²) in [4.78, 5) is 12.4. The van der Waals surface area contributed by atoms with Gasteiger partial charge in [0.05, 0.1) is 18.8 Å². The molecule has 0 aromatic heterocycles. The first-order valence-electron chi connectivity index (χ1n) is 12.0. The fraction of sp³-hybridized carbons (Fsp3) is 0.464. The first kappa shape index (κ1) is 25.5. The third-order valence-corrected chi connectivity index (χ3v) is 5.21. The minimum atomic E-state index is -0.386. The molecule has 0 spiro atoms. The quantitative estimate of drug-likeness (QED) is 0.109. The van der Waals surface area contributed by atoms with Gasteiger partial charge in [0.2, 0.25) is 0 Å². The molecule has 0 fully saturated rings. The number of rotatable bonds is 17. The van der Waals surface area contributed by atoms with Gasteiger partial charge in [-0.25, -0.2) is 4.79 Å². The molecule has 4 nitrogen and oxygen atoms in total. The first-order valence-corrected chi connectivity index (χ1v) is 12.0. The van der Waals surface area contributed by atoms with Crippen molar-refractivity contribution >= 4 is 5.97 Å². The van der Waals surface area contributed by atoms with Gasteiger partial charge in [0.15, 0.2) is 0 Å². The van der Waals surface area contributed by atoms with Crippen LogP contribution in [0.1, 0.15) is 81.5 Å². The fourth-order valence-electron chi connectivity index (χ4n) is 3.29. The Morgan fingerprint density at radius 1 is 0.719 bits per heavy atom. The smallest absolute Gasteiger partial charge is 0.343 e. The van der Waals surface area contributed by atoms with Gasteiger partial charge in [-0.1, -0.05) is 51.5 Å². The lowest BCUT2D eigenvalue weighted by atomic mass is 10.1. The lowest BCUT2D eigenvalue weighted by molar-refractivity contribution is 0.0734. The number of carbonyl (C=O) groups is 1. The van der Waals surface area contributed by atoms with Gasteiger partial charge in [-0.15, -0.1) is 6.58 Å². The van der Waals surface area contributed by atoms with E-state index in [4.69, 9.17) is 14.2 Å². The van der Waals surface area contributed by atoms with Crippen molar-refractivity contribution in [3.63, 3.8) is 0 Å². The Morgan fingerprint density at radius 3 is 1.78 bits per heavy atom. The Kier molecular flexibility index (Phi) is 12.7. The molecule has 2 rings (SSSR count). The Hall–Kier alpha value is -2.75. The number of esters is 1. The van der Waals surface area contributed by atoms with Crippen molar-refractivity contribution in [2.75, 3.05) is 13.2 Å². The van der Waals surface area contributed by atoms with E-state index >= 15 is 0 Å². The lowest BCUT2D eigenvalue weighted by Crippen LogP contribution is -2.08. The zero-order valence-electron chi connectivity index (χ0n) is 19.5. The van der Waals surface area contributed by atoms with E-state index in [-0.39, 0.29) is 5.97 Å². The summed E-state index contributed by atoms with van der Waals surface area (Å²) in [6, 6.07) is 14.3. The third kappa shape index (κ3) is 10.5. The van der Waals surface area contributed by atoms with Crippen LogP contribution in [0.4, 0.5) is 0 Å². The molecule has 0 amide bonds. The van der Waals surface area contributed by atoms with Crippen molar-refractivity contribution in [2.24, 2.45) is 0 Å². The Labute approximate surface area is 193 Å². The van der Waals surface area contributed by atoms with Crippen LogP contribution in [0.3, 0.4) is 0 Å². The molecule has 174 valence electrons. The van der Waals surface area contributed by atoms with Crippen LogP contribution >= 0.6 is 0 Å². The van der Waals surface area contributed by atoms with E-state index in [0.29, 0.717) is 24.5 Å². The number of unbranched alkanes of at least 4 members (excludes halogenated alkanes) is 8. The van der Waals surface area contributed by atoms with E-state index in [1.807, 2.05) is 30.3 Å². The van der Waals surface area contributed by atoms with Gasteiger partial charge >= 0.3 is 5.97 Å². The Morgan fingerprint density at radius 2 is 1.22 bits per heavy atom. The number of allylic oxidation sites excluding steroid dienone is 1. The molecule has 32 heavy (non-hydrogen) atoms. The van der Waals surface area contributed by atoms with Crippen LogP contribution < -0.4 is 14.2 Å². The van der Waals surface area contributed by atoms with Crippen molar-refractivity contribution < 1.29 is 19.0 Å². The van der Waals surface area contributed by atoms with Crippen molar-refractivity contribution in [3.8, 4) is 17.2 Å². The minimum absolute atomic E-state index is 0.386. The van der Waals surface area contributed by atoms with E-state index in [0.717, 1.165) is 37.2 Å². The Balaban J connectivity index is 1.68. The van der Waals surface area contributed by atoms with Crippen LogP contribution in [0.25, 0.3) is 0 Å². The van der Waals surface area contributed by atoms with E-state index in [2.05, 4.69) is 13.5 Å². The lowest BCUT2D eigenvalue weighted by Gasteiger charge is -2.09. The van der Waals surface area contributed by atoms with Gasteiger partial charge in [0.1, 0.15) is 17.2 Å². The molecule has 0 unspecified atom stereocenters. The second-order valence-corrected chi connectivity index (χ2v) is 7.99. The summed E-state index contributed by atoms with van der Waals surface area (Å²) < 4.78 is 17.0. The third-order valence-electron chi connectivity index (χ3n) is 5.21. The number of hydrogen-bond acceptors (Lipinski definition) is 4. The summed E-state index contributed by atoms with van der Waals surface area (Å²) in [5, 5.41) is 0. The molecule has 0 atom stereocenters. The van der Waals surface area contributed by atoms with E-state index in [9.17, 15) is 4.79 Å². The van der Waals surface area contributed by atoms with Crippen LogP contribution in [0.15, 0.2) is 61.2 Å². The average Bonchev–Trinajstić information content (AvgIpc) is 2.82. The molecule has 4 heteroatoms. The molecule has 0 saturated carbocycles. The molecule has 0 aliphatic carbocycles. The van der Waals surface area contributed by atoms with E-state index in [1.54, 1.807) is 24.3 Å². The van der Waals surface area contributed by atoms with Gasteiger partial charge in [-0.3, -0.25) is 0 Å². The summed E-state index contributed by atoms with van der Waals surface area (Å²) in [5.74, 6) is 1.68. The first-order chi connectivity index (χ1) is 15.7. The fourth-order valence-corrected chi connectivity index (χ4v) is 3.29. The predicted molar refractivity (Wildman–Crippen MR) is 131 cm³/mol. The van der Waals surface area contributed by atoms with Crippen LogP contribution in [-0.2, 0) is 0 Å². The molecule has 0 radical (unpaired) electrons. The number of ether oxygens (including phenoxy) is 3. The molecule has 0 aliphatic heterocycles. The van der Waals surface area contributed by atoms with Crippen LogP contribution in [0.5, 0.6) is 17.2 Å². The van der Waals surface area contributed by atoms with Crippen LogP contribution in [0, 0.1) is 0 Å². The molecular weight excluding hydrogens is 400 g/mol. The van der Waals surface area contributed by atoms with E-state index in [1.165, 1.54) is 38.5 Å². The Bertz CT molecular complexity index is 765. The van der Waals surface area contributed by atoms with Gasteiger partial charge in [0.25, 0.3) is 0 Å². The summed E-state index contributed by atoms with van der Waals surface area (Å²) in [6.07, 6.45) is 13.7. The zero-order chi connectivity index (χ0) is 22.9. The SMILES string of the molecule is C=CCCCCCCOc1ccc(C(=O)Oc2ccc(OCCCCCCC)cc2)cc1. The van der Waals surface area contributed by atoms with Crippen LogP contribution in [0.2, 0.25) is 0 Å².